The molecule has 0 heterocycles. The first-order chi connectivity index (χ1) is 8.00. The molecular weight excluding hydrogens is 276 g/mol. The zero-order valence-electron chi connectivity index (χ0n) is 9.11. The van der Waals surface area contributed by atoms with Gasteiger partial charge in [0.25, 0.3) is 5.66 Å². The molecule has 0 aliphatic carbocycles. The molecule has 1 N–H and O–H groups in total. The number of carbonyl (C=O) groups excluding carboxylic acids is 1. The van der Waals surface area contributed by atoms with Gasteiger partial charge >= 0.3 is 6.18 Å². The standard InChI is InChI=1S/C10H9F5NOP/c1-5(17)16-8-3-6(9(11,12)13)2-7(4-8)10(14,15)18/h2-4H,18H2,1H3,(H,16,17). The van der Waals surface area contributed by atoms with E-state index in [2.05, 4.69) is 0 Å². The maximum Gasteiger partial charge on any atom is 0.416 e. The molecule has 8 heteroatoms. The highest BCUT2D eigenvalue weighted by Gasteiger charge is 2.34. The number of anilines is 1. The van der Waals surface area contributed by atoms with E-state index in [-0.39, 0.29) is 5.69 Å². The van der Waals surface area contributed by atoms with Crippen LogP contribution in [0.3, 0.4) is 0 Å². The molecule has 1 unspecified atom stereocenters. The van der Waals surface area contributed by atoms with Gasteiger partial charge in [0.2, 0.25) is 5.91 Å². The van der Waals surface area contributed by atoms with Crippen molar-refractivity contribution in [3.8, 4) is 0 Å². The number of hydrogen-bond acceptors (Lipinski definition) is 1. The molecule has 1 atom stereocenters. The fraction of sp³-hybridized carbons (Fsp3) is 0.300. The summed E-state index contributed by atoms with van der Waals surface area (Å²) in [7, 11) is 1.15. The molecule has 0 saturated carbocycles. The Morgan fingerprint density at radius 3 is 2.00 bits per heavy atom. The molecule has 0 aromatic heterocycles. The topological polar surface area (TPSA) is 29.1 Å². The predicted molar refractivity (Wildman–Crippen MR) is 59.4 cm³/mol. The van der Waals surface area contributed by atoms with Crippen LogP contribution in [-0.4, -0.2) is 5.91 Å². The minimum Gasteiger partial charge on any atom is -0.326 e. The summed E-state index contributed by atoms with van der Waals surface area (Å²) < 4.78 is 63.6. The molecule has 0 radical (unpaired) electrons. The van der Waals surface area contributed by atoms with Gasteiger partial charge in [0.05, 0.1) is 5.56 Å². The fourth-order valence-electron chi connectivity index (χ4n) is 1.26. The molecule has 0 saturated heterocycles. The van der Waals surface area contributed by atoms with Crippen LogP contribution in [0, 0.1) is 0 Å². The average molecular weight is 285 g/mol. The summed E-state index contributed by atoms with van der Waals surface area (Å²) in [5.74, 6) is -0.646. The van der Waals surface area contributed by atoms with Gasteiger partial charge < -0.3 is 5.32 Å². The lowest BCUT2D eigenvalue weighted by Gasteiger charge is -2.16. The summed E-state index contributed by atoms with van der Waals surface area (Å²) in [6, 6.07) is 1.74. The van der Waals surface area contributed by atoms with Crippen molar-refractivity contribution in [2.24, 2.45) is 0 Å². The molecule has 0 bridgehead atoms. The highest BCUT2D eigenvalue weighted by Crippen LogP contribution is 2.40. The zero-order valence-corrected chi connectivity index (χ0v) is 10.3. The van der Waals surface area contributed by atoms with E-state index in [4.69, 9.17) is 0 Å². The van der Waals surface area contributed by atoms with E-state index in [1.807, 2.05) is 5.32 Å². The van der Waals surface area contributed by atoms with Gasteiger partial charge in [0.15, 0.2) is 0 Å². The maximum absolute atomic E-state index is 13.0. The summed E-state index contributed by atoms with van der Waals surface area (Å²) in [6.45, 7) is 1.07. The van der Waals surface area contributed by atoms with Crippen LogP contribution in [0.5, 0.6) is 0 Å². The second-order valence-electron chi connectivity index (χ2n) is 3.60. The van der Waals surface area contributed by atoms with E-state index >= 15 is 0 Å². The van der Waals surface area contributed by atoms with Crippen molar-refractivity contribution in [1.82, 2.24) is 0 Å². The van der Waals surface area contributed by atoms with Gasteiger partial charge in [0, 0.05) is 18.2 Å². The number of benzene rings is 1. The summed E-state index contributed by atoms with van der Waals surface area (Å²) in [4.78, 5) is 10.8. The lowest BCUT2D eigenvalue weighted by Crippen LogP contribution is -2.13. The Bertz CT molecular complexity index is 434. The van der Waals surface area contributed by atoms with E-state index in [0.717, 1.165) is 22.2 Å². The normalized spacial score (nSPS) is 12.4. The number of amides is 1. The minimum absolute atomic E-state index is 0.325. The quantitative estimate of drug-likeness (QED) is 0.653. The molecule has 1 rings (SSSR count). The third-order valence-electron chi connectivity index (χ3n) is 1.97. The number of carbonyl (C=O) groups is 1. The number of rotatable bonds is 2. The second-order valence-corrected chi connectivity index (χ2v) is 4.33. The van der Waals surface area contributed by atoms with Gasteiger partial charge in [-0.05, 0) is 18.2 Å². The largest absolute Gasteiger partial charge is 0.416 e. The SMILES string of the molecule is CC(=O)Nc1cc(C(F)(F)F)cc(C(F)(F)P)c1. The second kappa shape index (κ2) is 4.80. The summed E-state index contributed by atoms with van der Waals surface area (Å²) in [5, 5.41) is 2.05. The first-order valence-corrected chi connectivity index (χ1v) is 5.25. The predicted octanol–water partition coefficient (Wildman–Crippen LogP) is 3.59. The Morgan fingerprint density at radius 1 is 1.11 bits per heavy atom. The van der Waals surface area contributed by atoms with Crippen molar-refractivity contribution in [2.75, 3.05) is 5.32 Å². The summed E-state index contributed by atoms with van der Waals surface area (Å²) in [5.41, 5.74) is -5.92. The minimum atomic E-state index is -4.76. The van der Waals surface area contributed by atoms with Gasteiger partial charge in [-0.3, -0.25) is 4.79 Å². The smallest absolute Gasteiger partial charge is 0.326 e. The monoisotopic (exact) mass is 285 g/mol. The molecule has 2 nitrogen and oxygen atoms in total. The maximum atomic E-state index is 13.0. The van der Waals surface area contributed by atoms with Crippen LogP contribution >= 0.6 is 9.24 Å². The van der Waals surface area contributed by atoms with Crippen molar-refractivity contribution in [3.63, 3.8) is 0 Å². The number of hydrogen-bond donors (Lipinski definition) is 1. The average Bonchev–Trinajstić information content (AvgIpc) is 2.13. The van der Waals surface area contributed by atoms with E-state index in [1.54, 1.807) is 0 Å². The number of halogens is 5. The third kappa shape index (κ3) is 3.91. The molecule has 1 aromatic rings. The Kier molecular flexibility index (Phi) is 3.96. The van der Waals surface area contributed by atoms with Gasteiger partial charge in [0.1, 0.15) is 0 Å². The molecule has 100 valence electrons. The van der Waals surface area contributed by atoms with Gasteiger partial charge in [-0.2, -0.15) is 22.0 Å². The molecular formula is C10H9F5NOP. The molecule has 1 amide bonds. The highest BCUT2D eigenvalue weighted by molar-refractivity contribution is 7.17. The van der Waals surface area contributed by atoms with Crippen LogP contribution in [0.2, 0.25) is 0 Å². The lowest BCUT2D eigenvalue weighted by atomic mass is 10.1. The number of nitrogens with one attached hydrogen (secondary N) is 1. The van der Waals surface area contributed by atoms with Crippen LogP contribution in [0.25, 0.3) is 0 Å². The third-order valence-corrected chi connectivity index (χ3v) is 2.30. The van der Waals surface area contributed by atoms with Crippen LogP contribution in [0.15, 0.2) is 18.2 Å². The first kappa shape index (κ1) is 14.8. The zero-order chi connectivity index (χ0) is 14.1. The Hall–Kier alpha value is -1.23. The molecule has 0 spiro atoms. The van der Waals surface area contributed by atoms with Crippen molar-refractivity contribution < 1.29 is 26.7 Å². The number of alkyl halides is 5. The van der Waals surface area contributed by atoms with Gasteiger partial charge in [-0.15, -0.1) is 0 Å². The Balaban J connectivity index is 3.34. The molecule has 0 fully saturated rings. The Morgan fingerprint density at radius 2 is 1.61 bits per heavy atom. The molecule has 0 aliphatic heterocycles. The van der Waals surface area contributed by atoms with Crippen molar-refractivity contribution >= 4 is 20.8 Å². The van der Waals surface area contributed by atoms with E-state index in [0.29, 0.717) is 12.1 Å². The van der Waals surface area contributed by atoms with E-state index in [9.17, 15) is 26.7 Å². The van der Waals surface area contributed by atoms with E-state index < -0.39 is 28.9 Å². The fourth-order valence-corrected chi connectivity index (χ4v) is 1.43. The Labute approximate surface area is 102 Å². The molecule has 0 aliphatic rings. The van der Waals surface area contributed by atoms with Crippen LogP contribution in [-0.2, 0) is 16.6 Å². The molecule has 18 heavy (non-hydrogen) atoms. The highest BCUT2D eigenvalue weighted by atomic mass is 31.0. The van der Waals surface area contributed by atoms with Crippen LogP contribution in [0.4, 0.5) is 27.6 Å². The summed E-state index contributed by atoms with van der Waals surface area (Å²) >= 11 is 0. The van der Waals surface area contributed by atoms with Crippen molar-refractivity contribution in [2.45, 2.75) is 18.8 Å². The van der Waals surface area contributed by atoms with Gasteiger partial charge in [-0.25, -0.2) is 0 Å². The van der Waals surface area contributed by atoms with Crippen LogP contribution < -0.4 is 5.32 Å². The van der Waals surface area contributed by atoms with Gasteiger partial charge in [-0.1, -0.05) is 9.24 Å². The lowest BCUT2D eigenvalue weighted by molar-refractivity contribution is -0.137. The summed E-state index contributed by atoms with van der Waals surface area (Å²) in [6.07, 6.45) is -4.76. The van der Waals surface area contributed by atoms with Crippen molar-refractivity contribution in [3.05, 3.63) is 29.3 Å². The van der Waals surface area contributed by atoms with Crippen molar-refractivity contribution in [1.29, 1.82) is 0 Å². The van der Waals surface area contributed by atoms with E-state index in [1.165, 1.54) is 0 Å². The molecule has 1 aromatic carbocycles. The first-order valence-electron chi connectivity index (χ1n) is 4.67. The van der Waals surface area contributed by atoms with Crippen LogP contribution in [0.1, 0.15) is 18.1 Å².